The minimum absolute atomic E-state index is 0.0134. The van der Waals surface area contributed by atoms with Crippen molar-refractivity contribution in [2.45, 2.75) is 6.18 Å². The number of hydrogen-bond donors (Lipinski definition) is 1. The third kappa shape index (κ3) is 5.13. The molecule has 3 aromatic rings. The van der Waals surface area contributed by atoms with Crippen LogP contribution in [-0.2, 0) is 6.18 Å². The lowest BCUT2D eigenvalue weighted by Gasteiger charge is -2.17. The van der Waals surface area contributed by atoms with Gasteiger partial charge in [-0.3, -0.25) is 0 Å². The lowest BCUT2D eigenvalue weighted by atomic mass is 10.1. The molecule has 0 unspecified atom stereocenters. The standard InChI is InChI=1S/C21H14ClF3N2OS/c22-16-9-7-14(8-10-16)19(28)18(27-11-2-1-3-12-27)20(29)26-17-6-4-5-15(13-17)21(23,24)25/h1-13H,(H-,26,28,29). The molecule has 0 spiro atoms. The predicted molar refractivity (Wildman–Crippen MR) is 109 cm³/mol. The molecule has 0 atom stereocenters. The number of pyridine rings is 1. The van der Waals surface area contributed by atoms with Gasteiger partial charge in [-0.25, -0.2) is 0 Å². The maximum Gasteiger partial charge on any atom is 0.416 e. The second-order valence-corrected chi connectivity index (χ2v) is 6.84. The highest BCUT2D eigenvalue weighted by Crippen LogP contribution is 2.31. The van der Waals surface area contributed by atoms with E-state index in [0.29, 0.717) is 10.6 Å². The van der Waals surface area contributed by atoms with Crippen LogP contribution in [0.25, 0.3) is 11.5 Å². The molecule has 0 fully saturated rings. The number of anilines is 1. The van der Waals surface area contributed by atoms with Crippen molar-refractivity contribution < 1.29 is 22.8 Å². The van der Waals surface area contributed by atoms with Crippen LogP contribution in [0.4, 0.5) is 18.9 Å². The summed E-state index contributed by atoms with van der Waals surface area (Å²) >= 11 is 11.3. The van der Waals surface area contributed by atoms with E-state index in [0.717, 1.165) is 12.1 Å². The van der Waals surface area contributed by atoms with E-state index in [4.69, 9.17) is 23.8 Å². The maximum atomic E-state index is 13.1. The Morgan fingerprint density at radius 2 is 1.62 bits per heavy atom. The molecule has 0 aliphatic carbocycles. The molecule has 0 aliphatic rings. The molecule has 0 saturated heterocycles. The first-order chi connectivity index (χ1) is 13.8. The fourth-order valence-electron chi connectivity index (χ4n) is 2.59. The number of rotatable bonds is 4. The monoisotopic (exact) mass is 434 g/mol. The van der Waals surface area contributed by atoms with Crippen molar-refractivity contribution in [1.82, 2.24) is 0 Å². The molecule has 148 valence electrons. The normalized spacial score (nSPS) is 12.3. The van der Waals surface area contributed by atoms with Gasteiger partial charge in [0.25, 0.3) is 0 Å². The van der Waals surface area contributed by atoms with E-state index in [1.54, 1.807) is 54.9 Å². The van der Waals surface area contributed by atoms with Crippen LogP contribution in [0.2, 0.25) is 5.02 Å². The quantitative estimate of drug-likeness (QED) is 0.278. The molecule has 3 rings (SSSR count). The zero-order valence-corrected chi connectivity index (χ0v) is 16.4. The first kappa shape index (κ1) is 20.8. The van der Waals surface area contributed by atoms with E-state index in [2.05, 4.69) is 5.32 Å². The number of nitrogens with one attached hydrogen (secondary N) is 1. The zero-order chi connectivity index (χ0) is 21.0. The topological polar surface area (TPSA) is 39.0 Å². The van der Waals surface area contributed by atoms with E-state index in [1.165, 1.54) is 16.7 Å². The Morgan fingerprint density at radius 1 is 0.966 bits per heavy atom. The minimum atomic E-state index is -4.49. The Bertz CT molecular complexity index is 1050. The Morgan fingerprint density at radius 3 is 2.24 bits per heavy atom. The van der Waals surface area contributed by atoms with Gasteiger partial charge in [0, 0.05) is 22.8 Å². The number of aromatic nitrogens is 1. The molecule has 3 nitrogen and oxygen atoms in total. The molecular formula is C21H14ClF3N2OS. The van der Waals surface area contributed by atoms with E-state index >= 15 is 0 Å². The summed E-state index contributed by atoms with van der Waals surface area (Å²) in [6.45, 7) is 0. The van der Waals surface area contributed by atoms with E-state index in [9.17, 15) is 18.3 Å². The summed E-state index contributed by atoms with van der Waals surface area (Å²) < 4.78 is 40.4. The van der Waals surface area contributed by atoms with Gasteiger partial charge in [-0.2, -0.15) is 17.7 Å². The van der Waals surface area contributed by atoms with Crippen molar-refractivity contribution >= 4 is 46.0 Å². The van der Waals surface area contributed by atoms with Crippen LogP contribution in [-0.4, -0.2) is 4.99 Å². The summed E-state index contributed by atoms with van der Waals surface area (Å²) in [5.74, 6) is -0.401. The van der Waals surface area contributed by atoms with Crippen LogP contribution in [0.1, 0.15) is 11.1 Å². The summed E-state index contributed by atoms with van der Waals surface area (Å²) in [6.07, 6.45) is -1.23. The van der Waals surface area contributed by atoms with Gasteiger partial charge < -0.3 is 10.4 Å². The number of benzene rings is 2. The molecule has 0 radical (unpaired) electrons. The van der Waals surface area contributed by atoms with Crippen molar-refractivity contribution in [1.29, 1.82) is 0 Å². The molecular weight excluding hydrogens is 421 g/mol. The molecule has 1 aromatic heterocycles. The highest BCUT2D eigenvalue weighted by molar-refractivity contribution is 7.81. The average Bonchev–Trinajstić information content (AvgIpc) is 2.69. The lowest BCUT2D eigenvalue weighted by Crippen LogP contribution is -2.39. The number of halogens is 4. The van der Waals surface area contributed by atoms with Gasteiger partial charge in [0.05, 0.1) is 5.56 Å². The van der Waals surface area contributed by atoms with Crippen molar-refractivity contribution in [2.24, 2.45) is 0 Å². The number of thiocarbonyl (C=S) groups is 1. The van der Waals surface area contributed by atoms with Crippen molar-refractivity contribution in [3.63, 3.8) is 0 Å². The van der Waals surface area contributed by atoms with Crippen LogP contribution in [0.3, 0.4) is 0 Å². The molecule has 0 saturated carbocycles. The SMILES string of the molecule is [O-]/C(=C(\C(=S)Nc1cccc(C(F)(F)F)c1)[n+]1ccccc1)c1ccc(Cl)cc1. The third-order valence-electron chi connectivity index (χ3n) is 3.96. The van der Waals surface area contributed by atoms with Gasteiger partial charge in [0.2, 0.25) is 5.70 Å². The van der Waals surface area contributed by atoms with Gasteiger partial charge in [0.15, 0.2) is 17.4 Å². The average molecular weight is 435 g/mol. The highest BCUT2D eigenvalue weighted by atomic mass is 35.5. The number of nitrogens with zero attached hydrogens (tertiary/aromatic N) is 1. The second kappa shape index (κ2) is 8.63. The summed E-state index contributed by atoms with van der Waals surface area (Å²) in [6, 6.07) is 16.1. The van der Waals surface area contributed by atoms with E-state index in [-0.39, 0.29) is 16.4 Å². The van der Waals surface area contributed by atoms with Crippen LogP contribution in [0.15, 0.2) is 79.1 Å². The van der Waals surface area contributed by atoms with Crippen LogP contribution in [0, 0.1) is 0 Å². The molecule has 29 heavy (non-hydrogen) atoms. The fourth-order valence-corrected chi connectivity index (χ4v) is 3.03. The molecule has 0 amide bonds. The predicted octanol–water partition coefficient (Wildman–Crippen LogP) is 4.77. The summed E-state index contributed by atoms with van der Waals surface area (Å²) in [5.41, 5.74) is -0.250. The minimum Gasteiger partial charge on any atom is -0.867 e. The van der Waals surface area contributed by atoms with Crippen LogP contribution >= 0.6 is 23.8 Å². The van der Waals surface area contributed by atoms with Crippen molar-refractivity contribution in [3.8, 4) is 0 Å². The molecule has 1 heterocycles. The van der Waals surface area contributed by atoms with Crippen LogP contribution in [0.5, 0.6) is 0 Å². The zero-order valence-electron chi connectivity index (χ0n) is 14.8. The number of alkyl halides is 3. The van der Waals surface area contributed by atoms with Gasteiger partial charge in [-0.15, -0.1) is 0 Å². The van der Waals surface area contributed by atoms with E-state index < -0.39 is 17.5 Å². The highest BCUT2D eigenvalue weighted by Gasteiger charge is 2.30. The largest absolute Gasteiger partial charge is 0.867 e. The maximum absolute atomic E-state index is 13.1. The van der Waals surface area contributed by atoms with Crippen molar-refractivity contribution in [2.75, 3.05) is 5.32 Å². The molecule has 1 N–H and O–H groups in total. The summed E-state index contributed by atoms with van der Waals surface area (Å²) in [5, 5.41) is 16.3. The van der Waals surface area contributed by atoms with Gasteiger partial charge in [-0.05, 0) is 41.7 Å². The van der Waals surface area contributed by atoms with Crippen LogP contribution < -0.4 is 15.0 Å². The Hall–Kier alpha value is -2.90. The summed E-state index contributed by atoms with van der Waals surface area (Å²) in [4.78, 5) is -0.0134. The first-order valence-corrected chi connectivity index (χ1v) is 9.17. The smallest absolute Gasteiger partial charge is 0.416 e. The molecule has 0 bridgehead atoms. The Balaban J connectivity index is 2.02. The van der Waals surface area contributed by atoms with Gasteiger partial charge in [0.1, 0.15) is 0 Å². The van der Waals surface area contributed by atoms with E-state index in [1.807, 2.05) is 0 Å². The van der Waals surface area contributed by atoms with Gasteiger partial charge in [-0.1, -0.05) is 48.1 Å². The lowest BCUT2D eigenvalue weighted by molar-refractivity contribution is -0.577. The third-order valence-corrected chi connectivity index (χ3v) is 4.51. The Kier molecular flexibility index (Phi) is 6.20. The van der Waals surface area contributed by atoms with Gasteiger partial charge >= 0.3 is 6.18 Å². The number of hydrogen-bond acceptors (Lipinski definition) is 2. The van der Waals surface area contributed by atoms with Crippen molar-refractivity contribution in [3.05, 3.63) is 95.3 Å². The Labute approximate surface area is 175 Å². The molecule has 8 heteroatoms. The fraction of sp³-hybridized carbons (Fsp3) is 0.0476. The molecule has 2 aromatic carbocycles. The summed E-state index contributed by atoms with van der Waals surface area (Å²) in [7, 11) is 0. The molecule has 0 aliphatic heterocycles. The second-order valence-electron chi connectivity index (χ2n) is 6.00. The first-order valence-electron chi connectivity index (χ1n) is 8.38.